The van der Waals surface area contributed by atoms with Crippen molar-refractivity contribution in [1.29, 1.82) is 5.26 Å². The van der Waals surface area contributed by atoms with E-state index < -0.39 is 0 Å². The van der Waals surface area contributed by atoms with Crippen LogP contribution in [-0.2, 0) is 4.79 Å². The number of nitriles is 1. The standard InChI is InChI=1S/C18H19N3O2/c1-13(11-19)12-21-17(22)8-9-20-18(23)16-7-6-14-4-2-3-5-15(14)10-16/h2-7,10,13H,8-9,12H2,1H3,(H,20,23)(H,21,22)/t13-/m1/s1. The van der Waals surface area contributed by atoms with Gasteiger partial charge < -0.3 is 10.6 Å². The molecule has 2 aromatic rings. The third-order valence-corrected chi connectivity index (χ3v) is 3.48. The lowest BCUT2D eigenvalue weighted by Crippen LogP contribution is -2.32. The average molecular weight is 309 g/mol. The Bertz CT molecular complexity index is 749. The monoisotopic (exact) mass is 309 g/mol. The lowest BCUT2D eigenvalue weighted by Gasteiger charge is -2.08. The number of benzene rings is 2. The Morgan fingerprint density at radius 1 is 1.13 bits per heavy atom. The highest BCUT2D eigenvalue weighted by Crippen LogP contribution is 2.15. The van der Waals surface area contributed by atoms with E-state index in [0.29, 0.717) is 12.1 Å². The molecular weight excluding hydrogens is 290 g/mol. The van der Waals surface area contributed by atoms with Crippen LogP contribution in [0.5, 0.6) is 0 Å². The fourth-order valence-electron chi connectivity index (χ4n) is 2.12. The second-order valence-corrected chi connectivity index (χ2v) is 5.40. The average Bonchev–Trinajstić information content (AvgIpc) is 2.59. The minimum atomic E-state index is -0.217. The van der Waals surface area contributed by atoms with Gasteiger partial charge in [-0.3, -0.25) is 9.59 Å². The number of hydrogen-bond donors (Lipinski definition) is 2. The lowest BCUT2D eigenvalue weighted by molar-refractivity contribution is -0.121. The molecule has 0 aliphatic carbocycles. The summed E-state index contributed by atoms with van der Waals surface area (Å²) in [6.07, 6.45) is 0.192. The number of carbonyl (C=O) groups excluding carboxylic acids is 2. The summed E-state index contributed by atoms with van der Waals surface area (Å²) in [7, 11) is 0. The Morgan fingerprint density at radius 3 is 2.61 bits per heavy atom. The summed E-state index contributed by atoms with van der Waals surface area (Å²) < 4.78 is 0. The minimum Gasteiger partial charge on any atom is -0.355 e. The molecule has 23 heavy (non-hydrogen) atoms. The highest BCUT2D eigenvalue weighted by molar-refractivity contribution is 5.98. The first-order valence-electron chi connectivity index (χ1n) is 7.53. The summed E-state index contributed by atoms with van der Waals surface area (Å²) in [5.41, 5.74) is 0.571. The maximum Gasteiger partial charge on any atom is 0.251 e. The van der Waals surface area contributed by atoms with Crippen LogP contribution in [0.2, 0.25) is 0 Å². The zero-order valence-electron chi connectivity index (χ0n) is 13.0. The van der Waals surface area contributed by atoms with Crippen molar-refractivity contribution in [3.8, 4) is 6.07 Å². The van der Waals surface area contributed by atoms with Gasteiger partial charge in [-0.15, -0.1) is 0 Å². The van der Waals surface area contributed by atoms with Gasteiger partial charge in [0, 0.05) is 25.1 Å². The third-order valence-electron chi connectivity index (χ3n) is 3.48. The number of carbonyl (C=O) groups is 2. The molecule has 5 nitrogen and oxygen atoms in total. The van der Waals surface area contributed by atoms with Crippen LogP contribution in [0.3, 0.4) is 0 Å². The lowest BCUT2D eigenvalue weighted by atomic mass is 10.1. The van der Waals surface area contributed by atoms with E-state index in [-0.39, 0.29) is 30.7 Å². The van der Waals surface area contributed by atoms with E-state index in [9.17, 15) is 9.59 Å². The van der Waals surface area contributed by atoms with Gasteiger partial charge in [0.25, 0.3) is 5.91 Å². The van der Waals surface area contributed by atoms with Crippen LogP contribution in [0.4, 0.5) is 0 Å². The van der Waals surface area contributed by atoms with Crippen molar-refractivity contribution < 1.29 is 9.59 Å². The molecule has 1 atom stereocenters. The number of fused-ring (bicyclic) bond motifs is 1. The van der Waals surface area contributed by atoms with Crippen LogP contribution in [0.1, 0.15) is 23.7 Å². The van der Waals surface area contributed by atoms with Crippen LogP contribution < -0.4 is 10.6 Å². The first kappa shape index (κ1) is 16.5. The molecule has 0 aromatic heterocycles. The molecule has 0 heterocycles. The molecule has 0 bridgehead atoms. The van der Waals surface area contributed by atoms with E-state index in [1.165, 1.54) is 0 Å². The SMILES string of the molecule is C[C@H](C#N)CNC(=O)CCNC(=O)c1ccc2ccccc2c1. The summed E-state index contributed by atoms with van der Waals surface area (Å²) in [6.45, 7) is 2.33. The van der Waals surface area contributed by atoms with Crippen molar-refractivity contribution in [3.05, 3.63) is 48.0 Å². The quantitative estimate of drug-likeness (QED) is 0.858. The van der Waals surface area contributed by atoms with Gasteiger partial charge >= 0.3 is 0 Å². The van der Waals surface area contributed by atoms with Gasteiger partial charge in [-0.2, -0.15) is 5.26 Å². The molecule has 0 spiro atoms. The normalized spacial score (nSPS) is 11.5. The topological polar surface area (TPSA) is 82.0 Å². The molecule has 0 aliphatic rings. The van der Waals surface area contributed by atoms with Gasteiger partial charge in [0.05, 0.1) is 12.0 Å². The number of nitrogens with one attached hydrogen (secondary N) is 2. The second-order valence-electron chi connectivity index (χ2n) is 5.40. The summed E-state index contributed by atoms with van der Waals surface area (Å²) >= 11 is 0. The van der Waals surface area contributed by atoms with Crippen LogP contribution >= 0.6 is 0 Å². The van der Waals surface area contributed by atoms with Gasteiger partial charge in [-0.1, -0.05) is 30.3 Å². The smallest absolute Gasteiger partial charge is 0.251 e. The van der Waals surface area contributed by atoms with Crippen molar-refractivity contribution in [1.82, 2.24) is 10.6 Å². The highest BCUT2D eigenvalue weighted by atomic mass is 16.2. The van der Waals surface area contributed by atoms with E-state index in [2.05, 4.69) is 10.6 Å². The van der Waals surface area contributed by atoms with E-state index in [1.807, 2.05) is 42.5 Å². The van der Waals surface area contributed by atoms with Crippen molar-refractivity contribution in [2.45, 2.75) is 13.3 Å². The molecule has 0 unspecified atom stereocenters. The van der Waals surface area contributed by atoms with E-state index >= 15 is 0 Å². The summed E-state index contributed by atoms with van der Waals surface area (Å²) in [5, 5.41) is 16.1. The molecule has 2 amide bonds. The van der Waals surface area contributed by atoms with Gasteiger partial charge in [-0.05, 0) is 29.8 Å². The number of hydrogen-bond acceptors (Lipinski definition) is 3. The highest BCUT2D eigenvalue weighted by Gasteiger charge is 2.08. The molecule has 0 saturated heterocycles. The molecule has 0 fully saturated rings. The molecule has 118 valence electrons. The molecule has 2 aromatic carbocycles. The molecular formula is C18H19N3O2. The zero-order valence-corrected chi connectivity index (χ0v) is 13.0. The van der Waals surface area contributed by atoms with Crippen molar-refractivity contribution in [2.24, 2.45) is 5.92 Å². The van der Waals surface area contributed by atoms with Crippen molar-refractivity contribution in [3.63, 3.8) is 0 Å². The van der Waals surface area contributed by atoms with Crippen molar-refractivity contribution >= 4 is 22.6 Å². The largest absolute Gasteiger partial charge is 0.355 e. The molecule has 2 N–H and O–H groups in total. The summed E-state index contributed by atoms with van der Waals surface area (Å²) in [5.74, 6) is -0.592. The Balaban J connectivity index is 1.82. The van der Waals surface area contributed by atoms with Crippen LogP contribution in [0, 0.1) is 17.2 Å². The van der Waals surface area contributed by atoms with Crippen LogP contribution in [0.15, 0.2) is 42.5 Å². The third kappa shape index (κ3) is 4.82. The summed E-state index contributed by atoms with van der Waals surface area (Å²) in [6, 6.07) is 15.4. The van der Waals surface area contributed by atoms with Crippen LogP contribution in [-0.4, -0.2) is 24.9 Å². The molecule has 5 heteroatoms. The van der Waals surface area contributed by atoms with Gasteiger partial charge in [0.15, 0.2) is 0 Å². The predicted molar refractivity (Wildman–Crippen MR) is 88.7 cm³/mol. The van der Waals surface area contributed by atoms with E-state index in [0.717, 1.165) is 10.8 Å². The maximum absolute atomic E-state index is 12.1. The Kier molecular flexibility index (Phi) is 5.70. The van der Waals surface area contributed by atoms with E-state index in [4.69, 9.17) is 5.26 Å². The maximum atomic E-state index is 12.1. The number of nitrogens with zero attached hydrogens (tertiary/aromatic N) is 1. The van der Waals surface area contributed by atoms with Crippen molar-refractivity contribution in [2.75, 3.05) is 13.1 Å². The van der Waals surface area contributed by atoms with E-state index in [1.54, 1.807) is 13.0 Å². The number of rotatable bonds is 6. The summed E-state index contributed by atoms with van der Waals surface area (Å²) in [4.78, 5) is 23.7. The Labute approximate surface area is 135 Å². The first-order chi connectivity index (χ1) is 11.1. The van der Waals surface area contributed by atoms with Gasteiger partial charge in [-0.25, -0.2) is 0 Å². The fraction of sp³-hybridized carbons (Fsp3) is 0.278. The zero-order chi connectivity index (χ0) is 16.7. The predicted octanol–water partition coefficient (Wildman–Crippen LogP) is 2.24. The Hall–Kier alpha value is -2.87. The molecule has 0 aliphatic heterocycles. The number of amides is 2. The minimum absolute atomic E-state index is 0.175. The first-order valence-corrected chi connectivity index (χ1v) is 7.53. The van der Waals surface area contributed by atoms with Crippen LogP contribution in [0.25, 0.3) is 10.8 Å². The Morgan fingerprint density at radius 2 is 1.87 bits per heavy atom. The molecule has 0 radical (unpaired) electrons. The second kappa shape index (κ2) is 7.95. The molecule has 0 saturated carbocycles. The van der Waals surface area contributed by atoms with Gasteiger partial charge in [0.1, 0.15) is 0 Å². The van der Waals surface area contributed by atoms with Gasteiger partial charge in [0.2, 0.25) is 5.91 Å². The fourth-order valence-corrected chi connectivity index (χ4v) is 2.12. The molecule has 2 rings (SSSR count).